The molecule has 5 heteroatoms. The molecule has 0 aliphatic rings. The molecule has 18 heavy (non-hydrogen) atoms. The van der Waals surface area contributed by atoms with E-state index < -0.39 is 0 Å². The minimum atomic E-state index is -0.288. The van der Waals surface area contributed by atoms with Crippen molar-refractivity contribution in [2.24, 2.45) is 0 Å². The number of aryl methyl sites for hydroxylation is 1. The fraction of sp³-hybridized carbons (Fsp3) is 0.231. The summed E-state index contributed by atoms with van der Waals surface area (Å²) in [5.74, 6) is 0.442. The van der Waals surface area contributed by atoms with Crippen LogP contribution in [0.25, 0.3) is 10.9 Å². The van der Waals surface area contributed by atoms with Crippen LogP contribution in [0, 0.1) is 18.3 Å². The molecule has 0 atom stereocenters. The Balaban J connectivity index is 2.88. The van der Waals surface area contributed by atoms with Crippen LogP contribution >= 0.6 is 11.6 Å². The number of rotatable bonds is 2. The van der Waals surface area contributed by atoms with Gasteiger partial charge in [-0.25, -0.2) is 0 Å². The second-order valence-corrected chi connectivity index (χ2v) is 4.36. The number of nitriles is 1. The van der Waals surface area contributed by atoms with Gasteiger partial charge in [-0.2, -0.15) is 5.26 Å². The van der Waals surface area contributed by atoms with Gasteiger partial charge in [0.2, 0.25) is 0 Å². The monoisotopic (exact) mass is 262 g/mol. The standard InChI is InChI=1S/C13H11ClN2O2/c1-7-5-10(14)12(18-2)11-9(7)6-8(3-4-15)13(17)16-11/h5-6H,3H2,1-2H3,(H,16,17). The van der Waals surface area contributed by atoms with Gasteiger partial charge in [-0.1, -0.05) is 11.6 Å². The summed E-state index contributed by atoms with van der Waals surface area (Å²) >= 11 is 6.06. The zero-order valence-corrected chi connectivity index (χ0v) is 10.8. The van der Waals surface area contributed by atoms with Crippen molar-refractivity contribution < 1.29 is 4.74 Å². The van der Waals surface area contributed by atoms with E-state index >= 15 is 0 Å². The number of fused-ring (bicyclic) bond motifs is 1. The quantitative estimate of drug-likeness (QED) is 0.905. The van der Waals surface area contributed by atoms with Crippen LogP contribution in [0.2, 0.25) is 5.02 Å². The molecule has 2 aromatic rings. The van der Waals surface area contributed by atoms with Crippen molar-refractivity contribution >= 4 is 22.5 Å². The maximum Gasteiger partial charge on any atom is 0.252 e. The zero-order valence-electron chi connectivity index (χ0n) is 10.0. The van der Waals surface area contributed by atoms with Crippen LogP contribution in [0.5, 0.6) is 5.75 Å². The number of pyridine rings is 1. The number of aromatic nitrogens is 1. The number of hydrogen-bond acceptors (Lipinski definition) is 3. The van der Waals surface area contributed by atoms with Crippen LogP contribution in [0.1, 0.15) is 11.1 Å². The molecule has 4 nitrogen and oxygen atoms in total. The first-order valence-electron chi connectivity index (χ1n) is 5.34. The third-order valence-electron chi connectivity index (χ3n) is 2.80. The summed E-state index contributed by atoms with van der Waals surface area (Å²) in [4.78, 5) is 14.5. The Morgan fingerprint density at radius 2 is 2.22 bits per heavy atom. The minimum Gasteiger partial charge on any atom is -0.493 e. The number of halogens is 1. The van der Waals surface area contributed by atoms with Gasteiger partial charge in [-0.05, 0) is 24.6 Å². The Labute approximate surface area is 109 Å². The van der Waals surface area contributed by atoms with Gasteiger partial charge >= 0.3 is 0 Å². The maximum atomic E-state index is 11.8. The molecule has 0 aliphatic carbocycles. The normalized spacial score (nSPS) is 10.3. The Morgan fingerprint density at radius 3 is 2.83 bits per heavy atom. The van der Waals surface area contributed by atoms with Gasteiger partial charge < -0.3 is 9.72 Å². The number of hydrogen-bond donors (Lipinski definition) is 1. The van der Waals surface area contributed by atoms with Crippen molar-refractivity contribution in [1.82, 2.24) is 4.98 Å². The van der Waals surface area contributed by atoms with E-state index in [4.69, 9.17) is 21.6 Å². The minimum absolute atomic E-state index is 0.0790. The van der Waals surface area contributed by atoms with Crippen LogP contribution in [0.15, 0.2) is 16.9 Å². The molecule has 0 aliphatic heterocycles. The van der Waals surface area contributed by atoms with E-state index in [1.807, 2.05) is 13.0 Å². The zero-order chi connectivity index (χ0) is 13.3. The second-order valence-electron chi connectivity index (χ2n) is 3.96. The molecule has 0 saturated carbocycles. The lowest BCUT2D eigenvalue weighted by molar-refractivity contribution is 0.419. The largest absolute Gasteiger partial charge is 0.493 e. The van der Waals surface area contributed by atoms with E-state index in [2.05, 4.69) is 4.98 Å². The average molecular weight is 263 g/mol. The Bertz CT molecular complexity index is 713. The Morgan fingerprint density at radius 1 is 1.50 bits per heavy atom. The molecule has 0 amide bonds. The lowest BCUT2D eigenvalue weighted by atomic mass is 10.1. The molecule has 1 heterocycles. The summed E-state index contributed by atoms with van der Waals surface area (Å²) in [7, 11) is 1.50. The molecule has 0 spiro atoms. The highest BCUT2D eigenvalue weighted by atomic mass is 35.5. The van der Waals surface area contributed by atoms with Crippen LogP contribution in [-0.4, -0.2) is 12.1 Å². The number of nitrogens with zero attached hydrogens (tertiary/aromatic N) is 1. The summed E-state index contributed by atoms with van der Waals surface area (Å²) in [6, 6.07) is 5.46. The summed E-state index contributed by atoms with van der Waals surface area (Å²) < 4.78 is 5.20. The fourth-order valence-corrected chi connectivity index (χ4v) is 2.27. The summed E-state index contributed by atoms with van der Waals surface area (Å²) in [5.41, 5.74) is 1.64. The third kappa shape index (κ3) is 1.93. The molecule has 0 radical (unpaired) electrons. The molecule has 1 aromatic carbocycles. The van der Waals surface area contributed by atoms with E-state index in [0.717, 1.165) is 10.9 Å². The molecule has 92 valence electrons. The third-order valence-corrected chi connectivity index (χ3v) is 3.08. The predicted molar refractivity (Wildman–Crippen MR) is 70.2 cm³/mol. The van der Waals surface area contributed by atoms with Crippen molar-refractivity contribution in [3.8, 4) is 11.8 Å². The molecule has 1 aromatic heterocycles. The van der Waals surface area contributed by atoms with Crippen molar-refractivity contribution in [3.63, 3.8) is 0 Å². The number of methoxy groups -OCH3 is 1. The lowest BCUT2D eigenvalue weighted by Crippen LogP contribution is -2.12. The summed E-state index contributed by atoms with van der Waals surface area (Å²) in [6.45, 7) is 1.89. The molecule has 0 saturated heterocycles. The lowest BCUT2D eigenvalue weighted by Gasteiger charge is -2.10. The highest BCUT2D eigenvalue weighted by molar-refractivity contribution is 6.33. The maximum absolute atomic E-state index is 11.8. The Hall–Kier alpha value is -1.99. The second kappa shape index (κ2) is 4.71. The van der Waals surface area contributed by atoms with Crippen molar-refractivity contribution in [2.45, 2.75) is 13.3 Å². The van der Waals surface area contributed by atoms with Crippen molar-refractivity contribution in [1.29, 1.82) is 5.26 Å². The SMILES string of the molecule is COc1c(Cl)cc(C)c2cc(CC#N)c(=O)[nH]c12. The van der Waals surface area contributed by atoms with Gasteiger partial charge in [0, 0.05) is 10.9 Å². The highest BCUT2D eigenvalue weighted by Crippen LogP contribution is 2.33. The average Bonchev–Trinajstić information content (AvgIpc) is 2.32. The smallest absolute Gasteiger partial charge is 0.252 e. The first-order valence-corrected chi connectivity index (χ1v) is 5.72. The van der Waals surface area contributed by atoms with E-state index in [-0.39, 0.29) is 12.0 Å². The van der Waals surface area contributed by atoms with E-state index in [9.17, 15) is 4.79 Å². The topological polar surface area (TPSA) is 65.9 Å². The van der Waals surface area contributed by atoms with Gasteiger partial charge in [-0.15, -0.1) is 0 Å². The fourth-order valence-electron chi connectivity index (χ4n) is 1.93. The van der Waals surface area contributed by atoms with Crippen LogP contribution in [0.3, 0.4) is 0 Å². The van der Waals surface area contributed by atoms with Gasteiger partial charge in [0.15, 0.2) is 5.75 Å². The molecule has 2 rings (SSSR count). The number of benzene rings is 1. The molecule has 0 bridgehead atoms. The molecule has 0 unspecified atom stereocenters. The van der Waals surface area contributed by atoms with E-state index in [1.165, 1.54) is 7.11 Å². The predicted octanol–water partition coefficient (Wildman–Crippen LogP) is 2.56. The first kappa shape index (κ1) is 12.5. The van der Waals surface area contributed by atoms with Crippen LogP contribution < -0.4 is 10.3 Å². The van der Waals surface area contributed by atoms with Gasteiger partial charge in [0.25, 0.3) is 5.56 Å². The van der Waals surface area contributed by atoms with E-state index in [0.29, 0.717) is 21.9 Å². The van der Waals surface area contributed by atoms with E-state index in [1.54, 1.807) is 12.1 Å². The number of H-pyrrole nitrogens is 1. The molecule has 1 N–H and O–H groups in total. The van der Waals surface area contributed by atoms with Crippen molar-refractivity contribution in [3.05, 3.63) is 38.6 Å². The van der Waals surface area contributed by atoms with Gasteiger partial charge in [-0.3, -0.25) is 4.79 Å². The molecular weight excluding hydrogens is 252 g/mol. The number of nitrogens with one attached hydrogen (secondary N) is 1. The van der Waals surface area contributed by atoms with Crippen LogP contribution in [-0.2, 0) is 6.42 Å². The van der Waals surface area contributed by atoms with Crippen molar-refractivity contribution in [2.75, 3.05) is 7.11 Å². The molecular formula is C13H11ClN2O2. The first-order chi connectivity index (χ1) is 8.58. The summed E-state index contributed by atoms with van der Waals surface area (Å²) in [5, 5.41) is 9.97. The number of aromatic amines is 1. The van der Waals surface area contributed by atoms with Gasteiger partial charge in [0.05, 0.1) is 30.1 Å². The number of ether oxygens (including phenoxy) is 1. The highest BCUT2D eigenvalue weighted by Gasteiger charge is 2.12. The van der Waals surface area contributed by atoms with Crippen LogP contribution in [0.4, 0.5) is 0 Å². The summed E-state index contributed by atoms with van der Waals surface area (Å²) in [6.07, 6.45) is 0.0790. The Kier molecular flexibility index (Phi) is 3.26. The van der Waals surface area contributed by atoms with Gasteiger partial charge in [0.1, 0.15) is 0 Å². The molecule has 0 fully saturated rings.